The molecule has 1 N–H and O–H groups in total. The summed E-state index contributed by atoms with van der Waals surface area (Å²) < 4.78 is 89.5. The maximum atomic E-state index is 12.3. The molecule has 0 radical (unpaired) electrons. The minimum atomic E-state index is -0.717. The summed E-state index contributed by atoms with van der Waals surface area (Å²) in [4.78, 5) is 51.5. The first kappa shape index (κ1) is 72.2. The largest absolute Gasteiger partial charge is 0.460 e. The van der Waals surface area contributed by atoms with Crippen molar-refractivity contribution in [3.05, 3.63) is 11.4 Å². The number of unbranched alkanes of at least 4 members (excludes halogenated alkanes) is 3. The molecule has 22 nitrogen and oxygen atoms in total. The predicted octanol–water partition coefficient (Wildman–Crippen LogP) is 5.16. The van der Waals surface area contributed by atoms with Crippen LogP contribution in [-0.4, -0.2) is 232 Å². The zero-order chi connectivity index (χ0) is 56.3. The molecule has 1 aliphatic rings. The number of esters is 1. The first-order valence-corrected chi connectivity index (χ1v) is 28.0. The molecule has 0 bridgehead atoms. The van der Waals surface area contributed by atoms with Gasteiger partial charge < -0.3 is 86.0 Å². The van der Waals surface area contributed by atoms with Crippen LogP contribution in [0.2, 0.25) is 0 Å². The van der Waals surface area contributed by atoms with Gasteiger partial charge in [-0.25, -0.2) is 6.57 Å². The van der Waals surface area contributed by atoms with E-state index in [1.54, 1.807) is 0 Å². The number of nitrogens with zero attached hydrogens (tertiary/aromatic N) is 1. The summed E-state index contributed by atoms with van der Waals surface area (Å²) in [5, 5.41) is 2.86. The molecule has 5 atom stereocenters. The Morgan fingerprint density at radius 3 is 1.22 bits per heavy atom. The fourth-order valence-electron chi connectivity index (χ4n) is 7.47. The van der Waals surface area contributed by atoms with Gasteiger partial charge in [0, 0.05) is 78.9 Å². The first-order chi connectivity index (χ1) is 37.4. The van der Waals surface area contributed by atoms with E-state index in [4.69, 9.17) is 82.4 Å². The van der Waals surface area contributed by atoms with Crippen LogP contribution in [0.1, 0.15) is 112 Å². The second-order valence-corrected chi connectivity index (χ2v) is 19.0. The molecule has 1 rings (SSSR count). The maximum Gasteiger partial charge on any atom is 0.302 e. The Hall–Kier alpha value is -2.83. The van der Waals surface area contributed by atoms with Crippen LogP contribution in [-0.2, 0) is 95.0 Å². The van der Waals surface area contributed by atoms with Crippen molar-refractivity contribution in [3.63, 3.8) is 0 Å². The molecular weight excluding hydrogens is 1010 g/mol. The molecule has 0 unspecified atom stereocenters. The average molecular weight is 1110 g/mol. The predicted molar refractivity (Wildman–Crippen MR) is 285 cm³/mol. The van der Waals surface area contributed by atoms with Gasteiger partial charge >= 0.3 is 5.97 Å². The van der Waals surface area contributed by atoms with Crippen LogP contribution in [0.3, 0.4) is 0 Å². The lowest BCUT2D eigenvalue weighted by molar-refractivity contribution is -0.253. The van der Waals surface area contributed by atoms with Crippen LogP contribution in [0.5, 0.6) is 0 Å². The van der Waals surface area contributed by atoms with Gasteiger partial charge in [-0.3, -0.25) is 19.2 Å². The summed E-state index contributed by atoms with van der Waals surface area (Å²) in [6.07, 6.45) is 5.72. The third-order valence-corrected chi connectivity index (χ3v) is 11.8. The molecule has 0 aromatic rings. The van der Waals surface area contributed by atoms with E-state index in [0.29, 0.717) is 217 Å². The van der Waals surface area contributed by atoms with Crippen molar-refractivity contribution in [2.24, 2.45) is 5.92 Å². The Morgan fingerprint density at radius 1 is 0.481 bits per heavy atom. The second kappa shape index (κ2) is 51.3. The highest BCUT2D eigenvalue weighted by Gasteiger charge is 2.46. The van der Waals surface area contributed by atoms with Crippen molar-refractivity contribution in [1.29, 1.82) is 0 Å². The Kier molecular flexibility index (Phi) is 48.1. The lowest BCUT2D eigenvalue weighted by Crippen LogP contribution is -2.62. The number of ether oxygens (including phenoxy) is 16. The van der Waals surface area contributed by atoms with E-state index >= 15 is 0 Å². The molecule has 0 spiro atoms. The van der Waals surface area contributed by atoms with E-state index in [1.807, 2.05) is 27.7 Å². The van der Waals surface area contributed by atoms with Crippen molar-refractivity contribution < 1.29 is 95.0 Å². The molecule has 0 aromatic heterocycles. The molecule has 1 aliphatic heterocycles. The molecule has 1 fully saturated rings. The molecule has 0 aromatic carbocycles. The fourth-order valence-corrected chi connectivity index (χ4v) is 7.47. The van der Waals surface area contributed by atoms with Crippen LogP contribution in [0.4, 0.5) is 0 Å². The van der Waals surface area contributed by atoms with Gasteiger partial charge in [0.15, 0.2) is 6.29 Å². The Bertz CT molecular complexity index is 1470. The number of Topliss-reactive ketones (excluding diaryl/α,β-unsaturated/α-hetero) is 2. The highest BCUT2D eigenvalue weighted by atomic mass is 16.7. The summed E-state index contributed by atoms with van der Waals surface area (Å²) in [5.41, 5.74) is -0.472. The number of hydrogen-bond acceptors (Lipinski definition) is 20. The smallest absolute Gasteiger partial charge is 0.302 e. The van der Waals surface area contributed by atoms with E-state index < -0.39 is 29.9 Å². The number of ketones is 2. The third kappa shape index (κ3) is 44.6. The van der Waals surface area contributed by atoms with Crippen molar-refractivity contribution >= 4 is 23.4 Å². The standard InChI is InChI=1S/C55H100N2O20/c1-8-51-46(2)53(76-48(4)59)52(57-47(3)58)54(77-51)75-20-12-10-9-11-14-50(61)17-21-63-23-25-65-27-29-67-31-33-69-35-37-71-39-41-73-43-45-74-44-42-72-40-38-70-36-34-68-32-30-66-28-26-64-24-22-62-19-13-15-49(60)16-18-55(5,6)56-7/h46,51-54H,8-45H2,1-6H3,(H,57,58)/t46-,51+,52+,53-,54+/m0/s1. The molecule has 0 saturated carbocycles. The van der Waals surface area contributed by atoms with Crippen molar-refractivity contribution in [2.75, 3.05) is 178 Å². The summed E-state index contributed by atoms with van der Waals surface area (Å²) in [6, 6.07) is -0.596. The Labute approximate surface area is 460 Å². The molecule has 450 valence electrons. The van der Waals surface area contributed by atoms with E-state index in [-0.39, 0.29) is 29.5 Å². The topological polar surface area (TPSA) is 232 Å². The summed E-state index contributed by atoms with van der Waals surface area (Å²) in [7, 11) is 0. The molecule has 22 heteroatoms. The van der Waals surface area contributed by atoms with Gasteiger partial charge in [0.2, 0.25) is 11.4 Å². The quantitative estimate of drug-likeness (QED) is 0.0471. The number of amides is 1. The van der Waals surface area contributed by atoms with Gasteiger partial charge in [0.05, 0.1) is 171 Å². The van der Waals surface area contributed by atoms with Gasteiger partial charge in [0.1, 0.15) is 23.7 Å². The van der Waals surface area contributed by atoms with Crippen LogP contribution < -0.4 is 5.32 Å². The maximum absolute atomic E-state index is 12.3. The Morgan fingerprint density at radius 2 is 0.844 bits per heavy atom. The molecule has 1 amide bonds. The minimum Gasteiger partial charge on any atom is -0.460 e. The Balaban J connectivity index is 1.74. The third-order valence-electron chi connectivity index (χ3n) is 11.8. The number of rotatable bonds is 57. The van der Waals surface area contributed by atoms with E-state index in [0.717, 1.165) is 32.1 Å². The lowest BCUT2D eigenvalue weighted by atomic mass is 9.87. The first-order valence-electron chi connectivity index (χ1n) is 28.0. The molecule has 1 heterocycles. The van der Waals surface area contributed by atoms with Gasteiger partial charge in [0.25, 0.3) is 0 Å². The summed E-state index contributed by atoms with van der Waals surface area (Å²) in [5.74, 6) is -0.408. The van der Waals surface area contributed by atoms with Crippen molar-refractivity contribution in [1.82, 2.24) is 5.32 Å². The molecule has 77 heavy (non-hydrogen) atoms. The van der Waals surface area contributed by atoms with E-state index in [9.17, 15) is 19.2 Å². The van der Waals surface area contributed by atoms with Crippen LogP contribution >= 0.6 is 0 Å². The zero-order valence-electron chi connectivity index (χ0n) is 47.9. The normalized spacial score (nSPS) is 17.6. The fraction of sp³-hybridized carbons (Fsp3) is 0.909. The van der Waals surface area contributed by atoms with Crippen molar-refractivity contribution in [3.8, 4) is 0 Å². The van der Waals surface area contributed by atoms with E-state index in [2.05, 4.69) is 10.2 Å². The van der Waals surface area contributed by atoms with Crippen LogP contribution in [0.25, 0.3) is 4.85 Å². The van der Waals surface area contributed by atoms with Crippen LogP contribution in [0, 0.1) is 12.5 Å². The minimum absolute atomic E-state index is 0.100. The summed E-state index contributed by atoms with van der Waals surface area (Å²) >= 11 is 0. The van der Waals surface area contributed by atoms with Gasteiger partial charge in [-0.2, -0.15) is 0 Å². The monoisotopic (exact) mass is 1110 g/mol. The zero-order valence-corrected chi connectivity index (χ0v) is 47.9. The van der Waals surface area contributed by atoms with Gasteiger partial charge in [-0.15, -0.1) is 0 Å². The molecule has 1 saturated heterocycles. The number of hydrogen-bond donors (Lipinski definition) is 1. The van der Waals surface area contributed by atoms with Crippen LogP contribution in [0.15, 0.2) is 0 Å². The second-order valence-electron chi connectivity index (χ2n) is 19.0. The SMILES string of the molecule is [C-]#[N+]C(C)(C)CCC(=O)CCCOCCOCCOCCOCCOCCOCCOCCOCCOCCOCCOCCOCCOCCC(=O)CCCCCCO[C@@H]1O[C@H](CC)[C@H](C)[C@H](OC(C)=O)[C@H]1NC(C)=O. The number of carbonyl (C=O) groups is 4. The number of nitrogens with one attached hydrogen (secondary N) is 1. The summed E-state index contributed by atoms with van der Waals surface area (Å²) in [6.45, 7) is 30.0. The average Bonchev–Trinajstić information content (AvgIpc) is 3.40. The van der Waals surface area contributed by atoms with Gasteiger partial charge in [-0.05, 0) is 25.7 Å². The highest BCUT2D eigenvalue weighted by molar-refractivity contribution is 5.78. The molecule has 0 aliphatic carbocycles. The highest BCUT2D eigenvalue weighted by Crippen LogP contribution is 2.31. The van der Waals surface area contributed by atoms with Gasteiger partial charge in [-0.1, -0.05) is 26.7 Å². The lowest BCUT2D eigenvalue weighted by Gasteiger charge is -2.44. The number of carbonyl (C=O) groups excluding carboxylic acids is 4. The van der Waals surface area contributed by atoms with E-state index in [1.165, 1.54) is 13.8 Å². The molecular formula is C55H100N2O20. The van der Waals surface area contributed by atoms with Crippen molar-refractivity contribution in [2.45, 2.75) is 142 Å².